The van der Waals surface area contributed by atoms with E-state index in [0.717, 1.165) is 22.3 Å². The third-order valence-corrected chi connectivity index (χ3v) is 4.12. The quantitative estimate of drug-likeness (QED) is 0.534. The highest BCUT2D eigenvalue weighted by Gasteiger charge is 2.11. The summed E-state index contributed by atoms with van der Waals surface area (Å²) < 4.78 is 0. The van der Waals surface area contributed by atoms with E-state index in [1.165, 1.54) is 12.1 Å². The summed E-state index contributed by atoms with van der Waals surface area (Å²) in [6.45, 7) is 0. The van der Waals surface area contributed by atoms with Crippen molar-refractivity contribution < 1.29 is 19.8 Å². The minimum Gasteiger partial charge on any atom is -0.478 e. The maximum absolute atomic E-state index is 11.0. The number of hydrogen-bond donors (Lipinski definition) is 4. The first kappa shape index (κ1) is 17.0. The lowest BCUT2D eigenvalue weighted by Gasteiger charge is -2.09. The number of rotatable bonds is 4. The van der Waals surface area contributed by atoms with E-state index in [1.54, 1.807) is 24.3 Å². The lowest BCUT2D eigenvalue weighted by atomic mass is 9.98. The minimum atomic E-state index is -1.06. The SMILES string of the molecule is Nc1cc(-c2ccc(-c3ccc(C(=O)O)c(N)c3)cc2)ccc1C(=O)O. The Labute approximate surface area is 149 Å². The van der Waals surface area contributed by atoms with Gasteiger partial charge in [-0.15, -0.1) is 0 Å². The van der Waals surface area contributed by atoms with Crippen molar-refractivity contribution in [2.75, 3.05) is 11.5 Å². The normalized spacial score (nSPS) is 10.5. The molecular formula is C20H16N2O4. The molecule has 0 radical (unpaired) electrons. The summed E-state index contributed by atoms with van der Waals surface area (Å²) in [6, 6.07) is 17.1. The molecule has 0 heterocycles. The molecule has 0 saturated heterocycles. The fraction of sp³-hybridized carbons (Fsp3) is 0. The topological polar surface area (TPSA) is 127 Å². The number of nitrogen functional groups attached to an aromatic ring is 2. The van der Waals surface area contributed by atoms with E-state index in [2.05, 4.69) is 0 Å². The number of carboxylic acids is 2. The van der Waals surface area contributed by atoms with Crippen molar-refractivity contribution in [3.8, 4) is 22.3 Å². The zero-order valence-electron chi connectivity index (χ0n) is 13.6. The van der Waals surface area contributed by atoms with Crippen LogP contribution in [0.5, 0.6) is 0 Å². The Kier molecular flexibility index (Phi) is 4.33. The van der Waals surface area contributed by atoms with Gasteiger partial charge in [0.25, 0.3) is 0 Å². The molecule has 0 aromatic heterocycles. The van der Waals surface area contributed by atoms with E-state index < -0.39 is 11.9 Å². The van der Waals surface area contributed by atoms with Crippen LogP contribution in [-0.4, -0.2) is 22.2 Å². The van der Waals surface area contributed by atoms with Crippen molar-refractivity contribution in [2.24, 2.45) is 0 Å². The zero-order valence-corrected chi connectivity index (χ0v) is 13.6. The van der Waals surface area contributed by atoms with Crippen molar-refractivity contribution in [1.82, 2.24) is 0 Å². The molecule has 0 atom stereocenters. The Balaban J connectivity index is 1.92. The second kappa shape index (κ2) is 6.60. The van der Waals surface area contributed by atoms with Gasteiger partial charge in [-0.05, 0) is 46.5 Å². The number of anilines is 2. The van der Waals surface area contributed by atoms with E-state index in [9.17, 15) is 9.59 Å². The first-order valence-corrected chi connectivity index (χ1v) is 7.73. The zero-order chi connectivity index (χ0) is 18.8. The largest absolute Gasteiger partial charge is 0.478 e. The molecule has 0 spiro atoms. The molecule has 0 saturated carbocycles. The van der Waals surface area contributed by atoms with Gasteiger partial charge in [-0.1, -0.05) is 36.4 Å². The molecule has 0 fully saturated rings. The first-order chi connectivity index (χ1) is 12.4. The molecule has 0 aliphatic rings. The van der Waals surface area contributed by atoms with Crippen LogP contribution in [-0.2, 0) is 0 Å². The standard InChI is InChI=1S/C20H16N2O4/c21-17-9-13(5-7-15(17)19(23)24)11-1-2-12(4-3-11)14-6-8-16(20(25)26)18(22)10-14/h1-10H,21-22H2,(H,23,24)(H,25,26). The molecule has 0 unspecified atom stereocenters. The van der Waals surface area contributed by atoms with Crippen LogP contribution in [0, 0.1) is 0 Å². The second-order valence-corrected chi connectivity index (χ2v) is 5.79. The molecule has 0 bridgehead atoms. The van der Waals surface area contributed by atoms with Crippen LogP contribution < -0.4 is 11.5 Å². The summed E-state index contributed by atoms with van der Waals surface area (Å²) >= 11 is 0. The summed E-state index contributed by atoms with van der Waals surface area (Å²) in [6.07, 6.45) is 0. The second-order valence-electron chi connectivity index (χ2n) is 5.79. The Bertz CT molecular complexity index is 928. The van der Waals surface area contributed by atoms with E-state index in [-0.39, 0.29) is 22.5 Å². The van der Waals surface area contributed by atoms with E-state index >= 15 is 0 Å². The Morgan fingerprint density at radius 1 is 0.577 bits per heavy atom. The summed E-state index contributed by atoms with van der Waals surface area (Å²) in [4.78, 5) is 22.1. The minimum absolute atomic E-state index is 0.0689. The average Bonchev–Trinajstić information content (AvgIpc) is 2.61. The number of hydrogen-bond acceptors (Lipinski definition) is 4. The fourth-order valence-electron chi connectivity index (χ4n) is 2.73. The van der Waals surface area contributed by atoms with E-state index in [0.29, 0.717) is 0 Å². The van der Waals surface area contributed by atoms with Crippen LogP contribution in [0.1, 0.15) is 20.7 Å². The molecule has 26 heavy (non-hydrogen) atoms. The summed E-state index contributed by atoms with van der Waals surface area (Å²) in [7, 11) is 0. The van der Waals surface area contributed by atoms with Crippen LogP contribution in [0.25, 0.3) is 22.3 Å². The molecule has 3 rings (SSSR count). The Morgan fingerprint density at radius 3 is 1.15 bits per heavy atom. The van der Waals surface area contributed by atoms with Crippen LogP contribution in [0.15, 0.2) is 60.7 Å². The molecule has 3 aromatic rings. The van der Waals surface area contributed by atoms with Crippen molar-refractivity contribution in [3.05, 3.63) is 71.8 Å². The van der Waals surface area contributed by atoms with Crippen molar-refractivity contribution in [2.45, 2.75) is 0 Å². The van der Waals surface area contributed by atoms with Gasteiger partial charge in [-0.25, -0.2) is 9.59 Å². The summed E-state index contributed by atoms with van der Waals surface area (Å²) in [5, 5.41) is 18.1. The molecule has 6 heteroatoms. The highest BCUT2D eigenvalue weighted by atomic mass is 16.4. The monoisotopic (exact) mass is 348 g/mol. The number of aromatic carboxylic acids is 2. The van der Waals surface area contributed by atoms with Crippen LogP contribution in [0.3, 0.4) is 0 Å². The van der Waals surface area contributed by atoms with Crippen LogP contribution >= 0.6 is 0 Å². The first-order valence-electron chi connectivity index (χ1n) is 7.73. The number of carbonyl (C=O) groups is 2. The van der Waals surface area contributed by atoms with Gasteiger partial charge in [-0.2, -0.15) is 0 Å². The van der Waals surface area contributed by atoms with Gasteiger partial charge in [0.2, 0.25) is 0 Å². The van der Waals surface area contributed by atoms with Gasteiger partial charge in [0.15, 0.2) is 0 Å². The van der Waals surface area contributed by atoms with E-state index in [4.69, 9.17) is 21.7 Å². The summed E-state index contributed by atoms with van der Waals surface area (Å²) in [5.41, 5.74) is 15.5. The Hall–Kier alpha value is -3.80. The lowest BCUT2D eigenvalue weighted by Crippen LogP contribution is -2.02. The molecular weight excluding hydrogens is 332 g/mol. The van der Waals surface area contributed by atoms with Gasteiger partial charge in [-0.3, -0.25) is 0 Å². The highest BCUT2D eigenvalue weighted by molar-refractivity contribution is 5.95. The third kappa shape index (κ3) is 3.21. The van der Waals surface area contributed by atoms with Gasteiger partial charge < -0.3 is 21.7 Å². The molecule has 0 aliphatic carbocycles. The van der Waals surface area contributed by atoms with Crippen LogP contribution in [0.2, 0.25) is 0 Å². The van der Waals surface area contributed by atoms with Crippen LogP contribution in [0.4, 0.5) is 11.4 Å². The number of carboxylic acid groups (broad SMARTS) is 2. The smallest absolute Gasteiger partial charge is 0.337 e. The molecule has 6 N–H and O–H groups in total. The maximum Gasteiger partial charge on any atom is 0.337 e. The highest BCUT2D eigenvalue weighted by Crippen LogP contribution is 2.29. The van der Waals surface area contributed by atoms with Gasteiger partial charge >= 0.3 is 11.9 Å². The van der Waals surface area contributed by atoms with Gasteiger partial charge in [0.05, 0.1) is 11.1 Å². The predicted octanol–water partition coefficient (Wildman–Crippen LogP) is 3.58. The molecule has 0 amide bonds. The molecule has 6 nitrogen and oxygen atoms in total. The fourth-order valence-corrected chi connectivity index (χ4v) is 2.73. The van der Waals surface area contributed by atoms with Gasteiger partial charge in [0.1, 0.15) is 0 Å². The van der Waals surface area contributed by atoms with Crippen molar-refractivity contribution in [1.29, 1.82) is 0 Å². The lowest BCUT2D eigenvalue weighted by molar-refractivity contribution is 0.0687. The number of benzene rings is 3. The Morgan fingerprint density at radius 2 is 0.885 bits per heavy atom. The number of nitrogens with two attached hydrogens (primary N) is 2. The van der Waals surface area contributed by atoms with Crippen molar-refractivity contribution in [3.63, 3.8) is 0 Å². The molecule has 130 valence electrons. The third-order valence-electron chi connectivity index (χ3n) is 4.12. The molecule has 0 aliphatic heterocycles. The van der Waals surface area contributed by atoms with E-state index in [1.807, 2.05) is 24.3 Å². The average molecular weight is 348 g/mol. The van der Waals surface area contributed by atoms with Gasteiger partial charge in [0, 0.05) is 11.4 Å². The van der Waals surface area contributed by atoms with Crippen molar-refractivity contribution >= 4 is 23.3 Å². The maximum atomic E-state index is 11.0. The molecule has 3 aromatic carbocycles. The predicted molar refractivity (Wildman–Crippen MR) is 100 cm³/mol. The summed E-state index contributed by atoms with van der Waals surface area (Å²) in [5.74, 6) is -2.13.